The number of ether oxygens (including phenoxy) is 1. The van der Waals surface area contributed by atoms with E-state index in [1.54, 1.807) is 19.1 Å². The lowest BCUT2D eigenvalue weighted by Crippen LogP contribution is -2.30. The number of carbonyl (C=O) groups excluding carboxylic acids is 6. The van der Waals surface area contributed by atoms with Crippen LogP contribution < -0.4 is 21.7 Å². The Morgan fingerprint density at radius 3 is 2.05 bits per heavy atom. The molecular formula is C27H22N4O7. The number of fused-ring (bicyclic) bond motifs is 1. The Morgan fingerprint density at radius 1 is 0.789 bits per heavy atom. The van der Waals surface area contributed by atoms with Crippen molar-refractivity contribution in [2.45, 2.75) is 13.8 Å². The predicted molar refractivity (Wildman–Crippen MR) is 136 cm³/mol. The van der Waals surface area contributed by atoms with Crippen LogP contribution in [0.15, 0.2) is 54.6 Å². The molecule has 0 radical (unpaired) electrons. The van der Waals surface area contributed by atoms with Gasteiger partial charge in [-0.25, -0.2) is 9.69 Å². The first-order valence-corrected chi connectivity index (χ1v) is 11.3. The maximum Gasteiger partial charge on any atom is 0.338 e. The summed E-state index contributed by atoms with van der Waals surface area (Å²) in [7, 11) is 0. The van der Waals surface area contributed by atoms with Gasteiger partial charge in [-0.1, -0.05) is 12.1 Å². The topological polar surface area (TPSA) is 179 Å². The van der Waals surface area contributed by atoms with E-state index >= 15 is 0 Å². The monoisotopic (exact) mass is 514 g/mol. The van der Waals surface area contributed by atoms with Gasteiger partial charge >= 0.3 is 5.97 Å². The number of rotatable bonds is 7. The summed E-state index contributed by atoms with van der Waals surface area (Å²) in [6.07, 6.45) is 0. The fourth-order valence-corrected chi connectivity index (χ4v) is 3.94. The van der Waals surface area contributed by atoms with Gasteiger partial charge < -0.3 is 21.5 Å². The molecule has 38 heavy (non-hydrogen) atoms. The zero-order valence-electron chi connectivity index (χ0n) is 20.4. The number of imide groups is 1. The van der Waals surface area contributed by atoms with Gasteiger partial charge in [0.15, 0.2) is 6.61 Å². The minimum atomic E-state index is -0.905. The highest BCUT2D eigenvalue weighted by Gasteiger charge is 2.38. The molecule has 1 aliphatic heterocycles. The Balaban J connectivity index is 1.47. The molecule has 192 valence electrons. The first-order valence-electron chi connectivity index (χ1n) is 11.3. The quantitative estimate of drug-likeness (QED) is 0.319. The summed E-state index contributed by atoms with van der Waals surface area (Å²) in [6.45, 7) is 2.91. The van der Waals surface area contributed by atoms with Crippen LogP contribution in [0.25, 0.3) is 0 Å². The summed E-state index contributed by atoms with van der Waals surface area (Å²) in [4.78, 5) is 75.0. The van der Waals surface area contributed by atoms with Crippen LogP contribution in [0.5, 0.6) is 0 Å². The van der Waals surface area contributed by atoms with Crippen molar-refractivity contribution in [2.75, 3.05) is 16.8 Å². The highest BCUT2D eigenvalue weighted by atomic mass is 16.5. The highest BCUT2D eigenvalue weighted by Crippen LogP contribution is 2.32. The zero-order valence-corrected chi connectivity index (χ0v) is 20.4. The Bertz CT molecular complexity index is 1530. The van der Waals surface area contributed by atoms with Gasteiger partial charge in [-0.3, -0.25) is 24.0 Å². The van der Waals surface area contributed by atoms with Crippen molar-refractivity contribution in [2.24, 2.45) is 11.5 Å². The molecule has 0 fully saturated rings. The molecule has 0 aliphatic carbocycles. The molecule has 3 aromatic carbocycles. The molecule has 11 heteroatoms. The second kappa shape index (κ2) is 9.97. The zero-order chi connectivity index (χ0) is 27.7. The Kier molecular flexibility index (Phi) is 6.76. The van der Waals surface area contributed by atoms with Gasteiger partial charge in [0.2, 0.25) is 11.8 Å². The Hall–Kier alpha value is -5.32. The number of nitrogens with zero attached hydrogens (tertiary/aromatic N) is 1. The van der Waals surface area contributed by atoms with Crippen molar-refractivity contribution in [3.8, 4) is 0 Å². The molecule has 0 unspecified atom stereocenters. The summed E-state index contributed by atoms with van der Waals surface area (Å²) in [5.74, 6) is -4.44. The molecule has 4 rings (SSSR count). The predicted octanol–water partition coefficient (Wildman–Crippen LogP) is 2.10. The van der Waals surface area contributed by atoms with Gasteiger partial charge in [-0.05, 0) is 67.4 Å². The van der Waals surface area contributed by atoms with Gasteiger partial charge in [0, 0.05) is 16.8 Å². The van der Waals surface area contributed by atoms with Crippen LogP contribution in [0.2, 0.25) is 0 Å². The van der Waals surface area contributed by atoms with Crippen LogP contribution in [0.4, 0.5) is 11.4 Å². The van der Waals surface area contributed by atoms with Crippen molar-refractivity contribution in [1.82, 2.24) is 0 Å². The minimum Gasteiger partial charge on any atom is -0.452 e. The maximum atomic E-state index is 13.1. The van der Waals surface area contributed by atoms with Gasteiger partial charge in [0.25, 0.3) is 17.7 Å². The van der Waals surface area contributed by atoms with E-state index in [1.807, 2.05) is 13.0 Å². The first-order chi connectivity index (χ1) is 18.0. The summed E-state index contributed by atoms with van der Waals surface area (Å²) in [5, 5.41) is 2.39. The van der Waals surface area contributed by atoms with Crippen molar-refractivity contribution >= 4 is 46.9 Å². The SMILES string of the molecule is Cc1ccc(C)c(N2C(=O)c3ccc(C(=O)OCC(=O)Nc4cc(C(N)=O)cc(C(N)=O)c4)cc3C2=O)c1. The largest absolute Gasteiger partial charge is 0.452 e. The lowest BCUT2D eigenvalue weighted by atomic mass is 10.1. The van der Waals surface area contributed by atoms with E-state index in [2.05, 4.69) is 5.32 Å². The lowest BCUT2D eigenvalue weighted by Gasteiger charge is -2.17. The minimum absolute atomic E-state index is 0.0349. The summed E-state index contributed by atoms with van der Waals surface area (Å²) >= 11 is 0. The van der Waals surface area contributed by atoms with E-state index in [-0.39, 0.29) is 33.5 Å². The average molecular weight is 514 g/mol. The second-order valence-electron chi connectivity index (χ2n) is 8.65. The molecule has 3 aromatic rings. The standard InChI is InChI=1S/C27H22N4O7/c1-13-3-4-14(2)21(7-13)31-25(35)19-6-5-15(11-20(19)26(31)36)27(37)38-12-22(32)30-18-9-16(23(28)33)8-17(10-18)24(29)34/h3-11H,12H2,1-2H3,(H2,28,33)(H2,29,34)(H,30,32). The normalized spacial score (nSPS) is 12.2. The van der Waals surface area contributed by atoms with Crippen LogP contribution in [0, 0.1) is 13.8 Å². The molecule has 0 saturated heterocycles. The number of hydrogen-bond acceptors (Lipinski definition) is 7. The number of anilines is 2. The van der Waals surface area contributed by atoms with Gasteiger partial charge in [-0.15, -0.1) is 0 Å². The fourth-order valence-electron chi connectivity index (χ4n) is 3.94. The highest BCUT2D eigenvalue weighted by molar-refractivity contribution is 6.35. The van der Waals surface area contributed by atoms with Crippen molar-refractivity contribution in [1.29, 1.82) is 0 Å². The van der Waals surface area contributed by atoms with Crippen LogP contribution >= 0.6 is 0 Å². The van der Waals surface area contributed by atoms with E-state index in [4.69, 9.17) is 16.2 Å². The number of nitrogens with two attached hydrogens (primary N) is 2. The molecule has 0 aromatic heterocycles. The van der Waals surface area contributed by atoms with Crippen LogP contribution in [-0.4, -0.2) is 42.1 Å². The average Bonchev–Trinajstić information content (AvgIpc) is 3.12. The van der Waals surface area contributed by atoms with Crippen LogP contribution in [0.3, 0.4) is 0 Å². The second-order valence-corrected chi connectivity index (χ2v) is 8.65. The van der Waals surface area contributed by atoms with Crippen molar-refractivity contribution < 1.29 is 33.5 Å². The Morgan fingerprint density at radius 2 is 1.42 bits per heavy atom. The summed E-state index contributed by atoms with van der Waals surface area (Å²) in [5.41, 5.74) is 12.6. The molecular weight excluding hydrogens is 492 g/mol. The molecule has 0 atom stereocenters. The number of benzene rings is 3. The Labute approximate surface area is 216 Å². The van der Waals surface area contributed by atoms with Gasteiger partial charge in [0.1, 0.15) is 0 Å². The third-order valence-corrected chi connectivity index (χ3v) is 5.85. The summed E-state index contributed by atoms with van der Waals surface area (Å²) < 4.78 is 5.04. The van der Waals surface area contributed by atoms with Gasteiger partial charge in [-0.2, -0.15) is 0 Å². The molecule has 11 nitrogen and oxygen atoms in total. The summed E-state index contributed by atoms with van der Waals surface area (Å²) in [6, 6.07) is 13.0. The third-order valence-electron chi connectivity index (χ3n) is 5.85. The van der Waals surface area contributed by atoms with Crippen LogP contribution in [0.1, 0.15) is 62.9 Å². The van der Waals surface area contributed by atoms with E-state index in [0.717, 1.165) is 16.0 Å². The molecule has 5 N–H and O–H groups in total. The molecule has 1 heterocycles. The fraction of sp³-hybridized carbons (Fsp3) is 0.111. The molecule has 0 spiro atoms. The first kappa shape index (κ1) is 25.8. The number of aryl methyl sites for hydroxylation is 2. The van der Waals surface area contributed by atoms with Crippen molar-refractivity contribution in [3.63, 3.8) is 0 Å². The van der Waals surface area contributed by atoms with E-state index in [1.165, 1.54) is 36.4 Å². The number of primary amides is 2. The smallest absolute Gasteiger partial charge is 0.338 e. The number of nitrogens with one attached hydrogen (secondary N) is 1. The molecule has 0 saturated carbocycles. The van der Waals surface area contributed by atoms with E-state index in [0.29, 0.717) is 5.69 Å². The molecule has 5 amide bonds. The maximum absolute atomic E-state index is 13.1. The molecule has 0 bridgehead atoms. The number of amides is 5. The molecule has 1 aliphatic rings. The lowest BCUT2D eigenvalue weighted by molar-refractivity contribution is -0.119. The van der Waals surface area contributed by atoms with Crippen LogP contribution in [-0.2, 0) is 9.53 Å². The third kappa shape index (κ3) is 4.98. The number of hydrogen-bond donors (Lipinski definition) is 3. The van der Waals surface area contributed by atoms with Gasteiger partial charge in [0.05, 0.1) is 22.4 Å². The number of esters is 1. The van der Waals surface area contributed by atoms with E-state index < -0.39 is 42.1 Å². The van der Waals surface area contributed by atoms with E-state index in [9.17, 15) is 28.8 Å². The van der Waals surface area contributed by atoms with Crippen molar-refractivity contribution in [3.05, 3.63) is 93.5 Å². The number of carbonyl (C=O) groups is 6.